The summed E-state index contributed by atoms with van der Waals surface area (Å²) in [4.78, 5) is 18.9. The van der Waals surface area contributed by atoms with Crippen LogP contribution >= 0.6 is 0 Å². The fraction of sp³-hybridized carbons (Fsp3) is 0.941. The molecule has 0 unspecified atom stereocenters. The van der Waals surface area contributed by atoms with Crippen LogP contribution in [0.25, 0.3) is 0 Å². The summed E-state index contributed by atoms with van der Waals surface area (Å²) in [5.41, 5.74) is 0. The molecule has 1 aliphatic carbocycles. The number of piperazine rings is 1. The average molecular weight is 310 g/mol. The molecule has 5 nitrogen and oxygen atoms in total. The molecule has 2 amide bonds. The number of rotatable bonds is 5. The molecule has 2 fully saturated rings. The first-order valence-electron chi connectivity index (χ1n) is 9.08. The molecule has 0 radical (unpaired) electrons. The third-order valence-electron chi connectivity index (χ3n) is 5.00. The molecule has 1 saturated carbocycles. The second-order valence-corrected chi connectivity index (χ2v) is 7.06. The Morgan fingerprint density at radius 2 is 1.68 bits per heavy atom. The molecular weight excluding hydrogens is 276 g/mol. The number of urea groups is 1. The Labute approximate surface area is 136 Å². The highest BCUT2D eigenvalue weighted by Crippen LogP contribution is 2.22. The van der Waals surface area contributed by atoms with Gasteiger partial charge in [0, 0.05) is 38.8 Å². The number of amides is 2. The molecule has 5 heteroatoms. The maximum atomic E-state index is 12.2. The smallest absolute Gasteiger partial charge is 0.317 e. The van der Waals surface area contributed by atoms with Crippen molar-refractivity contribution < 1.29 is 4.79 Å². The summed E-state index contributed by atoms with van der Waals surface area (Å²) in [5, 5.41) is 3.05. The molecular formula is C17H34N4O. The van der Waals surface area contributed by atoms with Crippen LogP contribution in [0.3, 0.4) is 0 Å². The fourth-order valence-electron chi connectivity index (χ4n) is 3.62. The van der Waals surface area contributed by atoms with E-state index in [2.05, 4.69) is 29.2 Å². The van der Waals surface area contributed by atoms with Gasteiger partial charge in [-0.1, -0.05) is 25.7 Å². The molecule has 0 aromatic carbocycles. The summed E-state index contributed by atoms with van der Waals surface area (Å²) in [7, 11) is 4.13. The highest BCUT2D eigenvalue weighted by atomic mass is 16.2. The second-order valence-electron chi connectivity index (χ2n) is 7.06. The number of hydrogen-bond donors (Lipinski definition) is 1. The minimum Gasteiger partial charge on any atom is -0.338 e. The van der Waals surface area contributed by atoms with Crippen molar-refractivity contribution in [3.05, 3.63) is 0 Å². The fourth-order valence-corrected chi connectivity index (χ4v) is 3.62. The normalized spacial score (nSPS) is 21.9. The molecule has 1 N–H and O–H groups in total. The van der Waals surface area contributed by atoms with Gasteiger partial charge in [0.2, 0.25) is 0 Å². The van der Waals surface area contributed by atoms with Gasteiger partial charge in [0.1, 0.15) is 0 Å². The summed E-state index contributed by atoms with van der Waals surface area (Å²) in [6.45, 7) is 5.67. The molecule has 2 aliphatic rings. The predicted octanol–water partition coefficient (Wildman–Crippen LogP) is 1.99. The molecule has 0 atom stereocenters. The van der Waals surface area contributed by atoms with Crippen molar-refractivity contribution in [2.45, 2.75) is 51.0 Å². The lowest BCUT2D eigenvalue weighted by atomic mass is 10.1. The van der Waals surface area contributed by atoms with Crippen molar-refractivity contribution in [2.24, 2.45) is 0 Å². The van der Waals surface area contributed by atoms with Gasteiger partial charge in [-0.15, -0.1) is 0 Å². The summed E-state index contributed by atoms with van der Waals surface area (Å²) < 4.78 is 0. The summed E-state index contributed by atoms with van der Waals surface area (Å²) in [6.07, 6.45) is 9.32. The predicted molar refractivity (Wildman–Crippen MR) is 91.2 cm³/mol. The van der Waals surface area contributed by atoms with Crippen molar-refractivity contribution in [1.82, 2.24) is 20.0 Å². The van der Waals surface area contributed by atoms with E-state index in [1.807, 2.05) is 4.90 Å². The van der Waals surface area contributed by atoms with Crippen molar-refractivity contribution in [3.63, 3.8) is 0 Å². The molecule has 128 valence electrons. The Hall–Kier alpha value is -0.810. The van der Waals surface area contributed by atoms with Crippen LogP contribution in [-0.2, 0) is 0 Å². The standard InChI is InChI=1S/C17H34N4O/c1-19(2)11-7-10-18-17(22)21-14-12-20(13-15-21)16-8-5-3-4-6-9-16/h16H,3-15H2,1-2H3,(H,18,22). The van der Waals surface area contributed by atoms with Gasteiger partial charge in [0.15, 0.2) is 0 Å². The highest BCUT2D eigenvalue weighted by molar-refractivity contribution is 5.74. The third kappa shape index (κ3) is 5.76. The van der Waals surface area contributed by atoms with Crippen LogP contribution in [0, 0.1) is 0 Å². The van der Waals surface area contributed by atoms with Gasteiger partial charge in [-0.3, -0.25) is 4.90 Å². The quantitative estimate of drug-likeness (QED) is 0.623. The van der Waals surface area contributed by atoms with Crippen molar-refractivity contribution in [1.29, 1.82) is 0 Å². The Morgan fingerprint density at radius 3 is 2.27 bits per heavy atom. The monoisotopic (exact) mass is 310 g/mol. The van der Waals surface area contributed by atoms with Gasteiger partial charge in [-0.2, -0.15) is 0 Å². The zero-order chi connectivity index (χ0) is 15.8. The minimum absolute atomic E-state index is 0.124. The average Bonchev–Trinajstić information content (AvgIpc) is 2.80. The lowest BCUT2D eigenvalue weighted by Gasteiger charge is -2.39. The summed E-state index contributed by atoms with van der Waals surface area (Å²) in [6, 6.07) is 0.895. The molecule has 1 aliphatic heterocycles. The third-order valence-corrected chi connectivity index (χ3v) is 5.00. The number of nitrogens with zero attached hydrogens (tertiary/aromatic N) is 3. The lowest BCUT2D eigenvalue weighted by Crippen LogP contribution is -2.54. The number of carbonyl (C=O) groups excluding carboxylic acids is 1. The van der Waals surface area contributed by atoms with E-state index in [0.29, 0.717) is 0 Å². The van der Waals surface area contributed by atoms with Gasteiger partial charge >= 0.3 is 6.03 Å². The highest BCUT2D eigenvalue weighted by Gasteiger charge is 2.26. The Bertz CT molecular complexity index is 319. The molecule has 2 rings (SSSR count). The van der Waals surface area contributed by atoms with Crippen molar-refractivity contribution in [3.8, 4) is 0 Å². The molecule has 0 aromatic heterocycles. The lowest BCUT2D eigenvalue weighted by molar-refractivity contribution is 0.101. The zero-order valence-corrected chi connectivity index (χ0v) is 14.5. The van der Waals surface area contributed by atoms with Crippen molar-refractivity contribution in [2.75, 3.05) is 53.4 Å². The van der Waals surface area contributed by atoms with Crippen LogP contribution in [0.15, 0.2) is 0 Å². The molecule has 1 saturated heterocycles. The van der Waals surface area contributed by atoms with Gasteiger partial charge in [0.05, 0.1) is 0 Å². The number of hydrogen-bond acceptors (Lipinski definition) is 3. The van der Waals surface area contributed by atoms with Crippen LogP contribution in [0.2, 0.25) is 0 Å². The zero-order valence-electron chi connectivity index (χ0n) is 14.5. The molecule has 0 bridgehead atoms. The van der Waals surface area contributed by atoms with Crippen LogP contribution in [0.1, 0.15) is 44.9 Å². The van der Waals surface area contributed by atoms with E-state index in [1.54, 1.807) is 0 Å². The maximum absolute atomic E-state index is 12.2. The number of nitrogens with one attached hydrogen (secondary N) is 1. The van der Waals surface area contributed by atoms with E-state index >= 15 is 0 Å². The molecule has 0 aromatic rings. The topological polar surface area (TPSA) is 38.8 Å². The van der Waals surface area contributed by atoms with E-state index in [1.165, 1.54) is 38.5 Å². The largest absolute Gasteiger partial charge is 0.338 e. The minimum atomic E-state index is 0.124. The van der Waals surface area contributed by atoms with E-state index in [9.17, 15) is 4.79 Å². The van der Waals surface area contributed by atoms with E-state index in [0.717, 1.165) is 51.7 Å². The Balaban J connectivity index is 1.64. The van der Waals surface area contributed by atoms with Gasteiger partial charge in [0.25, 0.3) is 0 Å². The number of carbonyl (C=O) groups is 1. The van der Waals surface area contributed by atoms with Crippen molar-refractivity contribution >= 4 is 6.03 Å². The first-order chi connectivity index (χ1) is 10.7. The van der Waals surface area contributed by atoms with Crippen LogP contribution in [-0.4, -0.2) is 80.1 Å². The van der Waals surface area contributed by atoms with Crippen LogP contribution in [0.4, 0.5) is 4.79 Å². The molecule has 0 spiro atoms. The van der Waals surface area contributed by atoms with Crippen LogP contribution < -0.4 is 5.32 Å². The second kappa shape index (κ2) is 9.36. The Morgan fingerprint density at radius 1 is 1.05 bits per heavy atom. The first kappa shape index (κ1) is 17.5. The first-order valence-corrected chi connectivity index (χ1v) is 9.08. The van der Waals surface area contributed by atoms with Gasteiger partial charge in [-0.25, -0.2) is 4.79 Å². The van der Waals surface area contributed by atoms with E-state index in [4.69, 9.17) is 0 Å². The molecule has 22 heavy (non-hydrogen) atoms. The van der Waals surface area contributed by atoms with Crippen LogP contribution in [0.5, 0.6) is 0 Å². The van der Waals surface area contributed by atoms with E-state index < -0.39 is 0 Å². The summed E-state index contributed by atoms with van der Waals surface area (Å²) >= 11 is 0. The maximum Gasteiger partial charge on any atom is 0.317 e. The van der Waals surface area contributed by atoms with Gasteiger partial charge in [-0.05, 0) is 39.9 Å². The summed E-state index contributed by atoms with van der Waals surface area (Å²) in [5.74, 6) is 0. The Kier molecular flexibility index (Phi) is 7.46. The molecule has 1 heterocycles. The SMILES string of the molecule is CN(C)CCCNC(=O)N1CCN(C2CCCCCC2)CC1. The van der Waals surface area contributed by atoms with Gasteiger partial charge < -0.3 is 15.1 Å². The van der Waals surface area contributed by atoms with E-state index in [-0.39, 0.29) is 6.03 Å².